The van der Waals surface area contributed by atoms with Crippen LogP contribution in [0.25, 0.3) is 16.9 Å². The third kappa shape index (κ3) is 4.54. The van der Waals surface area contributed by atoms with Gasteiger partial charge in [0, 0.05) is 38.2 Å². The van der Waals surface area contributed by atoms with E-state index in [1.54, 1.807) is 16.6 Å². The van der Waals surface area contributed by atoms with Crippen LogP contribution in [0.3, 0.4) is 0 Å². The van der Waals surface area contributed by atoms with Crippen LogP contribution in [0.1, 0.15) is 50.7 Å². The third-order valence-electron chi connectivity index (χ3n) is 6.40. The van der Waals surface area contributed by atoms with E-state index in [-0.39, 0.29) is 10.5 Å². The summed E-state index contributed by atoms with van der Waals surface area (Å²) < 4.78 is 30.0. The molecule has 4 rings (SSSR count). The Morgan fingerprint density at radius 1 is 1.03 bits per heavy atom. The van der Waals surface area contributed by atoms with Crippen LogP contribution >= 0.6 is 0 Å². The van der Waals surface area contributed by atoms with Crippen molar-refractivity contribution in [3.63, 3.8) is 0 Å². The molecule has 0 spiro atoms. The molecular weight excluding hydrogens is 452 g/mol. The summed E-state index contributed by atoms with van der Waals surface area (Å²) in [5.41, 5.74) is 2.53. The first-order valence-corrected chi connectivity index (χ1v) is 13.6. The fourth-order valence-electron chi connectivity index (χ4n) is 4.49. The molecule has 0 bridgehead atoms. The zero-order chi connectivity index (χ0) is 24.5. The minimum Gasteiger partial charge on any atom is -0.304 e. The van der Waals surface area contributed by atoms with E-state index in [1.165, 1.54) is 4.31 Å². The molecule has 0 amide bonds. The van der Waals surface area contributed by atoms with Crippen molar-refractivity contribution in [3.05, 3.63) is 45.6 Å². The first-order chi connectivity index (χ1) is 16.3. The SMILES string of the molecule is CCCc1ccc(S(=O)(=O)N2CCN(C)CC2)cc1-c1nn2c(CCC)nc(CC)c2c(=O)[nH]1. The monoisotopic (exact) mass is 486 g/mol. The molecule has 10 heteroatoms. The molecule has 1 saturated heterocycles. The minimum atomic E-state index is -3.65. The minimum absolute atomic E-state index is 0.225. The van der Waals surface area contributed by atoms with Gasteiger partial charge in [-0.15, -0.1) is 5.10 Å². The van der Waals surface area contributed by atoms with Crippen LogP contribution in [0.5, 0.6) is 0 Å². The molecular formula is C24H34N6O3S. The van der Waals surface area contributed by atoms with Gasteiger partial charge in [-0.3, -0.25) is 4.79 Å². The summed E-state index contributed by atoms with van der Waals surface area (Å²) in [6.45, 7) is 8.42. The highest BCUT2D eigenvalue weighted by atomic mass is 32.2. The Labute approximate surface area is 200 Å². The molecule has 3 aromatic rings. The number of hydrogen-bond donors (Lipinski definition) is 1. The molecule has 34 heavy (non-hydrogen) atoms. The Morgan fingerprint density at radius 3 is 2.38 bits per heavy atom. The zero-order valence-corrected chi connectivity index (χ0v) is 21.3. The van der Waals surface area contributed by atoms with Crippen molar-refractivity contribution in [1.29, 1.82) is 0 Å². The van der Waals surface area contributed by atoms with Crippen molar-refractivity contribution in [2.45, 2.75) is 57.8 Å². The number of imidazole rings is 1. The molecule has 1 aliphatic rings. The van der Waals surface area contributed by atoms with Crippen molar-refractivity contribution >= 4 is 15.5 Å². The van der Waals surface area contributed by atoms with Crippen LogP contribution in [0.15, 0.2) is 27.9 Å². The number of piperazine rings is 1. The van der Waals surface area contributed by atoms with Gasteiger partial charge in [0.05, 0.1) is 10.6 Å². The standard InChI is InChI=1S/C24H34N6O3S/c1-5-8-17-10-11-18(34(32,33)29-14-12-28(4)13-15-29)16-19(17)23-26-24(31)22-20(7-3)25-21(9-6-2)30(22)27-23/h10-11,16H,5-9,12-15H2,1-4H3,(H,26,27,31). The average Bonchev–Trinajstić information content (AvgIpc) is 3.18. The van der Waals surface area contributed by atoms with Gasteiger partial charge in [0.25, 0.3) is 5.56 Å². The molecule has 1 aliphatic heterocycles. The van der Waals surface area contributed by atoms with Gasteiger partial charge in [0.1, 0.15) is 5.82 Å². The summed E-state index contributed by atoms with van der Waals surface area (Å²) in [5, 5.41) is 4.77. The molecule has 9 nitrogen and oxygen atoms in total. The van der Waals surface area contributed by atoms with Gasteiger partial charge in [-0.1, -0.05) is 33.3 Å². The number of aromatic nitrogens is 4. The van der Waals surface area contributed by atoms with Gasteiger partial charge >= 0.3 is 0 Å². The number of hydrogen-bond acceptors (Lipinski definition) is 6. The molecule has 0 saturated carbocycles. The quantitative estimate of drug-likeness (QED) is 0.525. The number of aromatic amines is 1. The van der Waals surface area contributed by atoms with E-state index < -0.39 is 10.0 Å². The van der Waals surface area contributed by atoms with Crippen LogP contribution in [0, 0.1) is 0 Å². The summed E-state index contributed by atoms with van der Waals surface area (Å²) >= 11 is 0. The second-order valence-corrected chi connectivity index (χ2v) is 10.9. The summed E-state index contributed by atoms with van der Waals surface area (Å²) in [4.78, 5) is 23.0. The van der Waals surface area contributed by atoms with Crippen LogP contribution in [-0.4, -0.2) is 70.4 Å². The Bertz CT molecular complexity index is 1340. The molecule has 1 fully saturated rings. The number of likely N-dealkylation sites (N-methyl/N-ethyl adjacent to an activating group) is 1. The molecule has 0 unspecified atom stereocenters. The number of sulfonamides is 1. The highest BCUT2D eigenvalue weighted by molar-refractivity contribution is 7.89. The molecule has 0 aliphatic carbocycles. The Hall–Kier alpha value is -2.56. The maximum atomic E-state index is 13.4. The Morgan fingerprint density at radius 2 is 1.74 bits per heavy atom. The van der Waals surface area contributed by atoms with Crippen LogP contribution in [0.4, 0.5) is 0 Å². The van der Waals surface area contributed by atoms with E-state index in [0.717, 1.165) is 36.3 Å². The fourth-order valence-corrected chi connectivity index (χ4v) is 5.94. The maximum absolute atomic E-state index is 13.4. The van der Waals surface area contributed by atoms with E-state index in [9.17, 15) is 13.2 Å². The van der Waals surface area contributed by atoms with E-state index >= 15 is 0 Å². The molecule has 1 N–H and O–H groups in total. The predicted molar refractivity (Wildman–Crippen MR) is 133 cm³/mol. The number of nitrogens with one attached hydrogen (secondary N) is 1. The lowest BCUT2D eigenvalue weighted by atomic mass is 10.0. The maximum Gasteiger partial charge on any atom is 0.277 e. The van der Waals surface area contributed by atoms with Crippen LogP contribution in [-0.2, 0) is 29.3 Å². The fraction of sp³-hybridized carbons (Fsp3) is 0.542. The van der Waals surface area contributed by atoms with Crippen molar-refractivity contribution in [2.75, 3.05) is 33.2 Å². The van der Waals surface area contributed by atoms with Crippen molar-refractivity contribution in [3.8, 4) is 11.4 Å². The lowest BCUT2D eigenvalue weighted by Gasteiger charge is -2.31. The third-order valence-corrected chi connectivity index (χ3v) is 8.30. The van der Waals surface area contributed by atoms with E-state index in [1.807, 2.05) is 20.0 Å². The molecule has 1 aromatic carbocycles. The number of aryl methyl sites for hydroxylation is 3. The second-order valence-electron chi connectivity index (χ2n) is 8.92. The smallest absolute Gasteiger partial charge is 0.277 e. The van der Waals surface area contributed by atoms with Gasteiger partial charge < -0.3 is 9.88 Å². The summed E-state index contributed by atoms with van der Waals surface area (Å²) in [6, 6.07) is 5.19. The van der Waals surface area contributed by atoms with E-state index in [0.29, 0.717) is 55.9 Å². The van der Waals surface area contributed by atoms with Gasteiger partial charge in [-0.25, -0.2) is 17.9 Å². The van der Waals surface area contributed by atoms with Gasteiger partial charge in [-0.2, -0.15) is 4.31 Å². The van der Waals surface area contributed by atoms with Gasteiger partial charge in [0.15, 0.2) is 11.3 Å². The predicted octanol–water partition coefficient (Wildman–Crippen LogP) is 2.49. The van der Waals surface area contributed by atoms with E-state index in [2.05, 4.69) is 28.7 Å². The number of nitrogens with zero attached hydrogens (tertiary/aromatic N) is 5. The van der Waals surface area contributed by atoms with Crippen molar-refractivity contribution in [1.82, 2.24) is 28.8 Å². The lowest BCUT2D eigenvalue weighted by molar-refractivity contribution is 0.222. The van der Waals surface area contributed by atoms with E-state index in [4.69, 9.17) is 5.10 Å². The number of rotatable bonds is 8. The molecule has 0 atom stereocenters. The first-order valence-electron chi connectivity index (χ1n) is 12.1. The second kappa shape index (κ2) is 9.97. The Balaban J connectivity index is 1.86. The number of benzene rings is 1. The first kappa shape index (κ1) is 24.6. The highest BCUT2D eigenvalue weighted by Gasteiger charge is 2.28. The van der Waals surface area contributed by atoms with Crippen molar-refractivity contribution in [2.24, 2.45) is 0 Å². The topological polar surface area (TPSA) is 104 Å². The largest absolute Gasteiger partial charge is 0.304 e. The molecule has 184 valence electrons. The van der Waals surface area contributed by atoms with Gasteiger partial charge in [0.2, 0.25) is 10.0 Å². The molecule has 2 aromatic heterocycles. The summed E-state index contributed by atoms with van der Waals surface area (Å²) in [7, 11) is -1.66. The number of fused-ring (bicyclic) bond motifs is 1. The van der Waals surface area contributed by atoms with Crippen LogP contribution in [0.2, 0.25) is 0 Å². The molecule has 0 radical (unpaired) electrons. The summed E-state index contributed by atoms with van der Waals surface area (Å²) in [5.74, 6) is 1.12. The van der Waals surface area contributed by atoms with Crippen LogP contribution < -0.4 is 5.56 Å². The number of H-pyrrole nitrogens is 1. The normalized spacial score (nSPS) is 15.9. The average molecular weight is 487 g/mol. The Kier molecular flexibility index (Phi) is 7.20. The summed E-state index contributed by atoms with van der Waals surface area (Å²) in [6.07, 6.45) is 3.85. The zero-order valence-electron chi connectivity index (χ0n) is 20.5. The molecule has 3 heterocycles. The van der Waals surface area contributed by atoms with Gasteiger partial charge in [-0.05, 0) is 44.0 Å². The van der Waals surface area contributed by atoms with Crippen molar-refractivity contribution < 1.29 is 8.42 Å². The lowest BCUT2D eigenvalue weighted by Crippen LogP contribution is -2.47. The highest BCUT2D eigenvalue weighted by Crippen LogP contribution is 2.27.